The minimum Gasteiger partial charge on any atom is -0.477 e. The second-order valence-electron chi connectivity index (χ2n) is 4.90. The number of aromatic nitrogens is 1. The summed E-state index contributed by atoms with van der Waals surface area (Å²) in [6.45, 7) is 0.451. The molecule has 1 aromatic carbocycles. The van der Waals surface area contributed by atoms with E-state index in [-0.39, 0.29) is 17.3 Å². The molecule has 1 N–H and O–H groups in total. The second kappa shape index (κ2) is 4.48. The van der Waals surface area contributed by atoms with Crippen molar-refractivity contribution in [2.24, 2.45) is 0 Å². The van der Waals surface area contributed by atoms with Crippen LogP contribution in [0.1, 0.15) is 27.5 Å². The van der Waals surface area contributed by atoms with Crippen molar-refractivity contribution in [3.63, 3.8) is 0 Å². The molecule has 1 aliphatic rings. The van der Waals surface area contributed by atoms with Crippen LogP contribution in [0.4, 0.5) is 5.69 Å². The van der Waals surface area contributed by atoms with Crippen LogP contribution in [0.5, 0.6) is 0 Å². The van der Waals surface area contributed by atoms with Gasteiger partial charge in [-0.05, 0) is 17.5 Å². The topological polar surface area (TPSA) is 85.4 Å². The lowest BCUT2D eigenvalue weighted by molar-refractivity contribution is -0.384. The summed E-state index contributed by atoms with van der Waals surface area (Å²) in [7, 11) is 0. The van der Waals surface area contributed by atoms with Crippen LogP contribution in [0.25, 0.3) is 0 Å². The van der Waals surface area contributed by atoms with Gasteiger partial charge in [-0.2, -0.15) is 0 Å². The minimum absolute atomic E-state index is 0.0407. The zero-order valence-electron chi connectivity index (χ0n) is 10.5. The first kappa shape index (κ1) is 12.4. The average molecular weight is 272 g/mol. The Labute approximate surface area is 114 Å². The van der Waals surface area contributed by atoms with Crippen LogP contribution in [0, 0.1) is 10.1 Å². The number of rotatable bonds is 4. The quantitative estimate of drug-likeness (QED) is 0.684. The molecule has 0 radical (unpaired) electrons. The van der Waals surface area contributed by atoms with E-state index < -0.39 is 10.9 Å². The summed E-state index contributed by atoms with van der Waals surface area (Å²) in [5.74, 6) is -0.929. The van der Waals surface area contributed by atoms with Crippen LogP contribution < -0.4 is 0 Å². The predicted octanol–water partition coefficient (Wildman–Crippen LogP) is 2.43. The Kier molecular flexibility index (Phi) is 2.78. The van der Waals surface area contributed by atoms with Crippen LogP contribution in [-0.2, 0) is 13.0 Å². The van der Waals surface area contributed by atoms with Gasteiger partial charge in [0.1, 0.15) is 5.69 Å². The molecule has 0 aliphatic heterocycles. The number of fused-ring (bicyclic) bond motifs is 1. The Morgan fingerprint density at radius 1 is 1.45 bits per heavy atom. The molecule has 20 heavy (non-hydrogen) atoms. The molecule has 1 aliphatic carbocycles. The smallest absolute Gasteiger partial charge is 0.352 e. The molecule has 1 atom stereocenters. The van der Waals surface area contributed by atoms with Gasteiger partial charge in [-0.3, -0.25) is 10.1 Å². The highest BCUT2D eigenvalue weighted by atomic mass is 16.6. The summed E-state index contributed by atoms with van der Waals surface area (Å²) >= 11 is 0. The Morgan fingerprint density at radius 2 is 2.20 bits per heavy atom. The summed E-state index contributed by atoms with van der Waals surface area (Å²) in [5.41, 5.74) is 2.23. The number of benzene rings is 1. The molecule has 1 aromatic heterocycles. The number of nitro groups is 1. The standard InChI is InChI=1S/C14H12N2O4/c17-14(18)13-6-11(16(19)20)8-15(13)7-10-5-9-3-1-2-4-12(9)10/h1-4,6,8,10H,5,7H2,(H,17,18). The van der Waals surface area contributed by atoms with Crippen LogP contribution in [0.3, 0.4) is 0 Å². The fourth-order valence-corrected chi connectivity index (χ4v) is 2.69. The van der Waals surface area contributed by atoms with E-state index >= 15 is 0 Å². The largest absolute Gasteiger partial charge is 0.477 e. The average Bonchev–Trinajstić information content (AvgIpc) is 2.80. The van der Waals surface area contributed by atoms with E-state index in [0.717, 1.165) is 12.5 Å². The van der Waals surface area contributed by atoms with Crippen molar-refractivity contribution in [3.8, 4) is 0 Å². The molecule has 0 saturated heterocycles. The number of hydrogen-bond acceptors (Lipinski definition) is 3. The first-order valence-electron chi connectivity index (χ1n) is 6.22. The maximum Gasteiger partial charge on any atom is 0.352 e. The number of hydrogen-bond donors (Lipinski definition) is 1. The maximum absolute atomic E-state index is 11.1. The second-order valence-corrected chi connectivity index (χ2v) is 4.90. The number of nitrogens with zero attached hydrogens (tertiary/aromatic N) is 2. The molecular formula is C14H12N2O4. The number of carboxylic acid groups (broad SMARTS) is 1. The third-order valence-electron chi connectivity index (χ3n) is 3.69. The fraction of sp³-hybridized carbons (Fsp3) is 0.214. The van der Waals surface area contributed by atoms with Crippen LogP contribution >= 0.6 is 0 Å². The Bertz CT molecular complexity index is 705. The van der Waals surface area contributed by atoms with Gasteiger partial charge in [-0.15, -0.1) is 0 Å². The van der Waals surface area contributed by atoms with Gasteiger partial charge in [0, 0.05) is 18.5 Å². The summed E-state index contributed by atoms with van der Waals surface area (Å²) in [6.07, 6.45) is 2.17. The highest BCUT2D eigenvalue weighted by molar-refractivity contribution is 5.86. The first-order chi connectivity index (χ1) is 9.56. The van der Waals surface area contributed by atoms with E-state index in [1.807, 2.05) is 24.3 Å². The Hall–Kier alpha value is -2.63. The fourth-order valence-electron chi connectivity index (χ4n) is 2.69. The van der Waals surface area contributed by atoms with E-state index in [1.165, 1.54) is 21.9 Å². The summed E-state index contributed by atoms with van der Waals surface area (Å²) < 4.78 is 1.46. The van der Waals surface area contributed by atoms with Gasteiger partial charge in [0.25, 0.3) is 5.69 Å². The van der Waals surface area contributed by atoms with E-state index in [9.17, 15) is 14.9 Å². The maximum atomic E-state index is 11.1. The van der Waals surface area contributed by atoms with Crippen LogP contribution in [0.15, 0.2) is 36.5 Å². The summed E-state index contributed by atoms with van der Waals surface area (Å²) in [5, 5.41) is 19.9. The third kappa shape index (κ3) is 1.95. The Balaban J connectivity index is 1.88. The molecule has 3 rings (SSSR count). The molecule has 6 heteroatoms. The third-order valence-corrected chi connectivity index (χ3v) is 3.69. The van der Waals surface area contributed by atoms with E-state index in [1.54, 1.807) is 0 Å². The molecule has 102 valence electrons. The van der Waals surface area contributed by atoms with Gasteiger partial charge in [0.05, 0.1) is 11.1 Å². The lowest BCUT2D eigenvalue weighted by atomic mass is 9.77. The van der Waals surface area contributed by atoms with Crippen LogP contribution in [0.2, 0.25) is 0 Å². The molecule has 0 fully saturated rings. The highest BCUT2D eigenvalue weighted by Gasteiger charge is 2.28. The van der Waals surface area contributed by atoms with Crippen molar-refractivity contribution >= 4 is 11.7 Å². The Morgan fingerprint density at radius 3 is 2.85 bits per heavy atom. The SMILES string of the molecule is O=C(O)c1cc([N+](=O)[O-])cn1CC1Cc2ccccc21. The molecular weight excluding hydrogens is 260 g/mol. The lowest BCUT2D eigenvalue weighted by Crippen LogP contribution is -2.23. The zero-order valence-corrected chi connectivity index (χ0v) is 10.5. The van der Waals surface area contributed by atoms with E-state index in [0.29, 0.717) is 6.54 Å². The number of carbonyl (C=O) groups is 1. The van der Waals surface area contributed by atoms with Crippen molar-refractivity contribution < 1.29 is 14.8 Å². The first-order valence-corrected chi connectivity index (χ1v) is 6.22. The van der Waals surface area contributed by atoms with Crippen molar-refractivity contribution in [1.29, 1.82) is 0 Å². The van der Waals surface area contributed by atoms with Gasteiger partial charge < -0.3 is 9.67 Å². The van der Waals surface area contributed by atoms with Gasteiger partial charge in [0.15, 0.2) is 0 Å². The molecule has 0 bridgehead atoms. The van der Waals surface area contributed by atoms with E-state index in [2.05, 4.69) is 0 Å². The molecule has 0 amide bonds. The van der Waals surface area contributed by atoms with E-state index in [4.69, 9.17) is 5.11 Å². The number of aromatic carboxylic acids is 1. The van der Waals surface area contributed by atoms with Crippen LogP contribution in [-0.4, -0.2) is 20.6 Å². The predicted molar refractivity (Wildman–Crippen MR) is 70.9 cm³/mol. The molecule has 0 saturated carbocycles. The number of carboxylic acids is 1. The molecule has 0 spiro atoms. The van der Waals surface area contributed by atoms with Gasteiger partial charge in [-0.25, -0.2) is 4.79 Å². The summed E-state index contributed by atoms with van der Waals surface area (Å²) in [6, 6.07) is 9.08. The van der Waals surface area contributed by atoms with Crippen molar-refractivity contribution in [3.05, 3.63) is 63.5 Å². The minimum atomic E-state index is -1.15. The lowest BCUT2D eigenvalue weighted by Gasteiger charge is -2.30. The van der Waals surface area contributed by atoms with Gasteiger partial charge in [-0.1, -0.05) is 24.3 Å². The molecule has 2 aromatic rings. The monoisotopic (exact) mass is 272 g/mol. The molecule has 1 unspecified atom stereocenters. The van der Waals surface area contributed by atoms with Gasteiger partial charge in [0.2, 0.25) is 0 Å². The highest BCUT2D eigenvalue weighted by Crippen LogP contribution is 2.36. The van der Waals surface area contributed by atoms with Gasteiger partial charge >= 0.3 is 5.97 Å². The van der Waals surface area contributed by atoms with Crippen molar-refractivity contribution in [2.45, 2.75) is 18.9 Å². The van der Waals surface area contributed by atoms with Crippen molar-refractivity contribution in [2.75, 3.05) is 0 Å². The molecule has 6 nitrogen and oxygen atoms in total. The van der Waals surface area contributed by atoms with Crippen molar-refractivity contribution in [1.82, 2.24) is 4.57 Å². The normalized spacial score (nSPS) is 16.3. The zero-order chi connectivity index (χ0) is 14.3. The summed E-state index contributed by atoms with van der Waals surface area (Å²) in [4.78, 5) is 21.3. The molecule has 1 heterocycles.